The molecule has 6 heteroatoms. The molecule has 2 heterocycles. The van der Waals surface area contributed by atoms with E-state index in [1.54, 1.807) is 6.92 Å². The third-order valence-electron chi connectivity index (χ3n) is 1.80. The molecule has 0 atom stereocenters. The van der Waals surface area contributed by atoms with E-state index in [-0.39, 0.29) is 6.42 Å². The number of rotatable bonds is 2. The molecular weight excluding hydrogens is 184 g/mol. The molecule has 14 heavy (non-hydrogen) atoms. The molecule has 0 radical (unpaired) electrons. The van der Waals surface area contributed by atoms with Crippen LogP contribution in [0.2, 0.25) is 0 Å². The van der Waals surface area contributed by atoms with Crippen LogP contribution in [0, 0.1) is 6.92 Å². The molecule has 2 aromatic rings. The molecule has 0 amide bonds. The van der Waals surface area contributed by atoms with Crippen LogP contribution in [0.1, 0.15) is 11.5 Å². The van der Waals surface area contributed by atoms with Crippen molar-refractivity contribution in [1.82, 2.24) is 19.9 Å². The number of aliphatic carboxylic acids is 1. The Hall–Kier alpha value is -1.98. The molecule has 2 aromatic heterocycles. The molecule has 0 aromatic carbocycles. The fourth-order valence-electron chi connectivity index (χ4n) is 1.27. The standard InChI is InChI=1S/C8H8N4O2/c1-4-11-7-5(2-6(13)14)9-3-10-8(7)12-4/h3H,2H2,1H3,(H,13,14)(H,9,10,11,12). The molecule has 0 aliphatic carbocycles. The molecule has 0 saturated carbocycles. The van der Waals surface area contributed by atoms with Crippen LogP contribution < -0.4 is 0 Å². The van der Waals surface area contributed by atoms with Gasteiger partial charge in [0.15, 0.2) is 5.65 Å². The van der Waals surface area contributed by atoms with Crippen LogP contribution in [0.5, 0.6) is 0 Å². The Morgan fingerprint density at radius 1 is 1.57 bits per heavy atom. The molecule has 0 bridgehead atoms. The van der Waals surface area contributed by atoms with Crippen molar-refractivity contribution in [2.24, 2.45) is 0 Å². The summed E-state index contributed by atoms with van der Waals surface area (Å²) in [6.45, 7) is 1.78. The van der Waals surface area contributed by atoms with Gasteiger partial charge in [0.1, 0.15) is 17.7 Å². The number of nitrogens with zero attached hydrogens (tertiary/aromatic N) is 3. The van der Waals surface area contributed by atoms with Gasteiger partial charge in [-0.15, -0.1) is 0 Å². The Bertz CT molecular complexity index is 491. The Labute approximate surface area is 79.0 Å². The normalized spacial score (nSPS) is 10.6. The number of aromatic amines is 1. The smallest absolute Gasteiger partial charge is 0.309 e. The van der Waals surface area contributed by atoms with Crippen molar-refractivity contribution in [3.8, 4) is 0 Å². The highest BCUT2D eigenvalue weighted by molar-refractivity contribution is 5.79. The highest BCUT2D eigenvalue weighted by Gasteiger charge is 2.10. The number of hydrogen-bond acceptors (Lipinski definition) is 4. The van der Waals surface area contributed by atoms with E-state index in [1.165, 1.54) is 6.33 Å². The average molecular weight is 192 g/mol. The van der Waals surface area contributed by atoms with Crippen LogP contribution in [-0.2, 0) is 11.2 Å². The highest BCUT2D eigenvalue weighted by atomic mass is 16.4. The van der Waals surface area contributed by atoms with E-state index in [9.17, 15) is 4.79 Å². The monoisotopic (exact) mass is 192 g/mol. The highest BCUT2D eigenvalue weighted by Crippen LogP contribution is 2.11. The van der Waals surface area contributed by atoms with E-state index < -0.39 is 5.97 Å². The van der Waals surface area contributed by atoms with Crippen LogP contribution in [0.15, 0.2) is 6.33 Å². The van der Waals surface area contributed by atoms with Gasteiger partial charge < -0.3 is 10.1 Å². The number of carboxylic acid groups (broad SMARTS) is 1. The van der Waals surface area contributed by atoms with Gasteiger partial charge in [-0.3, -0.25) is 4.79 Å². The molecule has 6 nitrogen and oxygen atoms in total. The lowest BCUT2D eigenvalue weighted by Gasteiger charge is -1.95. The van der Waals surface area contributed by atoms with Crippen LogP contribution >= 0.6 is 0 Å². The summed E-state index contributed by atoms with van der Waals surface area (Å²) < 4.78 is 0. The number of hydrogen-bond donors (Lipinski definition) is 2. The summed E-state index contributed by atoms with van der Waals surface area (Å²) in [7, 11) is 0. The fourth-order valence-corrected chi connectivity index (χ4v) is 1.27. The Morgan fingerprint density at radius 3 is 3.07 bits per heavy atom. The summed E-state index contributed by atoms with van der Waals surface area (Å²) >= 11 is 0. The number of imidazole rings is 1. The third-order valence-corrected chi connectivity index (χ3v) is 1.80. The molecule has 0 spiro atoms. The zero-order valence-electron chi connectivity index (χ0n) is 7.48. The van der Waals surface area contributed by atoms with Gasteiger partial charge in [-0.2, -0.15) is 0 Å². The molecule has 0 saturated heterocycles. The fraction of sp³-hybridized carbons (Fsp3) is 0.250. The quantitative estimate of drug-likeness (QED) is 0.713. The van der Waals surface area contributed by atoms with Gasteiger partial charge in [-0.05, 0) is 6.92 Å². The molecular formula is C8H8N4O2. The minimum absolute atomic E-state index is 0.124. The van der Waals surface area contributed by atoms with Gasteiger partial charge in [-0.25, -0.2) is 15.0 Å². The number of nitrogens with one attached hydrogen (secondary N) is 1. The Balaban J connectivity index is 2.58. The van der Waals surface area contributed by atoms with Gasteiger partial charge >= 0.3 is 5.97 Å². The van der Waals surface area contributed by atoms with E-state index >= 15 is 0 Å². The largest absolute Gasteiger partial charge is 0.481 e. The van der Waals surface area contributed by atoms with Gasteiger partial charge in [0.2, 0.25) is 0 Å². The van der Waals surface area contributed by atoms with Crippen molar-refractivity contribution in [3.63, 3.8) is 0 Å². The van der Waals surface area contributed by atoms with Gasteiger partial charge in [0, 0.05) is 0 Å². The van der Waals surface area contributed by atoms with Crippen molar-refractivity contribution in [3.05, 3.63) is 17.8 Å². The maximum Gasteiger partial charge on any atom is 0.309 e. The number of aryl methyl sites for hydroxylation is 1. The van der Waals surface area contributed by atoms with Gasteiger partial charge in [0.05, 0.1) is 12.1 Å². The number of aromatic nitrogens is 4. The van der Waals surface area contributed by atoms with Crippen molar-refractivity contribution < 1.29 is 9.90 Å². The van der Waals surface area contributed by atoms with Gasteiger partial charge in [-0.1, -0.05) is 0 Å². The predicted molar refractivity (Wildman–Crippen MR) is 47.8 cm³/mol. The van der Waals surface area contributed by atoms with Crippen LogP contribution in [-0.4, -0.2) is 31.0 Å². The predicted octanol–water partition coefficient (Wildman–Crippen LogP) is 0.288. The maximum atomic E-state index is 10.5. The van der Waals surface area contributed by atoms with Crippen molar-refractivity contribution in [1.29, 1.82) is 0 Å². The van der Waals surface area contributed by atoms with E-state index in [2.05, 4.69) is 19.9 Å². The number of H-pyrrole nitrogens is 1. The van der Waals surface area contributed by atoms with Crippen molar-refractivity contribution in [2.75, 3.05) is 0 Å². The second kappa shape index (κ2) is 3.06. The Kier molecular flexibility index (Phi) is 1.88. The molecule has 2 N–H and O–H groups in total. The first-order chi connectivity index (χ1) is 6.66. The second-order valence-electron chi connectivity index (χ2n) is 2.91. The average Bonchev–Trinajstić information content (AvgIpc) is 2.45. The zero-order valence-corrected chi connectivity index (χ0v) is 7.48. The SMILES string of the molecule is Cc1nc2ncnc(CC(=O)O)c2[nH]1. The summed E-state index contributed by atoms with van der Waals surface area (Å²) in [5, 5.41) is 8.64. The number of carbonyl (C=O) groups is 1. The first-order valence-corrected chi connectivity index (χ1v) is 4.05. The topological polar surface area (TPSA) is 91.8 Å². The molecule has 0 fully saturated rings. The summed E-state index contributed by atoms with van der Waals surface area (Å²) in [5.74, 6) is -0.218. The summed E-state index contributed by atoms with van der Waals surface area (Å²) in [6, 6.07) is 0. The van der Waals surface area contributed by atoms with E-state index in [4.69, 9.17) is 5.11 Å². The minimum Gasteiger partial charge on any atom is -0.481 e. The third kappa shape index (κ3) is 1.41. The zero-order chi connectivity index (χ0) is 10.1. The van der Waals surface area contributed by atoms with E-state index in [1.807, 2.05) is 0 Å². The lowest BCUT2D eigenvalue weighted by molar-refractivity contribution is -0.136. The first kappa shape index (κ1) is 8.61. The molecule has 0 aliphatic heterocycles. The lowest BCUT2D eigenvalue weighted by atomic mass is 10.3. The summed E-state index contributed by atoms with van der Waals surface area (Å²) in [6.07, 6.45) is 1.20. The molecule has 72 valence electrons. The first-order valence-electron chi connectivity index (χ1n) is 4.05. The van der Waals surface area contributed by atoms with Gasteiger partial charge in [0.25, 0.3) is 0 Å². The molecule has 0 aliphatic rings. The van der Waals surface area contributed by atoms with Crippen LogP contribution in [0.4, 0.5) is 0 Å². The maximum absolute atomic E-state index is 10.5. The lowest BCUT2D eigenvalue weighted by Crippen LogP contribution is -2.03. The second-order valence-corrected chi connectivity index (χ2v) is 2.91. The number of carboxylic acids is 1. The minimum atomic E-state index is -0.919. The van der Waals surface area contributed by atoms with Crippen molar-refractivity contribution >= 4 is 17.1 Å². The summed E-state index contributed by atoms with van der Waals surface area (Å²) in [4.78, 5) is 25.4. The molecule has 0 unspecified atom stereocenters. The van der Waals surface area contributed by atoms with Crippen LogP contribution in [0.25, 0.3) is 11.2 Å². The van der Waals surface area contributed by atoms with Crippen LogP contribution in [0.3, 0.4) is 0 Å². The number of fused-ring (bicyclic) bond motifs is 1. The Morgan fingerprint density at radius 2 is 2.36 bits per heavy atom. The van der Waals surface area contributed by atoms with E-state index in [0.29, 0.717) is 22.7 Å². The van der Waals surface area contributed by atoms with Crippen molar-refractivity contribution in [2.45, 2.75) is 13.3 Å². The molecule has 2 rings (SSSR count). The van der Waals surface area contributed by atoms with E-state index in [0.717, 1.165) is 0 Å². The summed E-state index contributed by atoms with van der Waals surface area (Å²) in [5.41, 5.74) is 1.57.